The lowest BCUT2D eigenvalue weighted by Gasteiger charge is -2.48. The average molecular weight is 1280 g/mol. The van der Waals surface area contributed by atoms with Gasteiger partial charge in [-0.25, -0.2) is 0 Å². The second-order valence-corrected chi connectivity index (χ2v) is 52.9. The highest BCUT2D eigenvalue weighted by molar-refractivity contribution is 7.50. The molecule has 0 aliphatic heterocycles. The molecule has 6 heteroatoms. The van der Waals surface area contributed by atoms with Crippen LogP contribution < -0.4 is 46.7 Å². The summed E-state index contributed by atoms with van der Waals surface area (Å²) < 4.78 is 0. The van der Waals surface area contributed by atoms with E-state index in [1.165, 1.54) is 150 Å². The minimum Gasteiger partial charge on any atom is -0.0565 e. The Balaban J connectivity index is 1.60. The molecule has 9 rings (SSSR count). The van der Waals surface area contributed by atoms with Crippen LogP contribution in [-0.2, 0) is 0 Å². The van der Waals surface area contributed by atoms with Crippen molar-refractivity contribution in [2.45, 2.75) is 204 Å². The van der Waals surface area contributed by atoms with Crippen molar-refractivity contribution in [1.82, 2.24) is 0 Å². The fraction of sp³-hybridized carbons (Fsp3) is 0.357. The highest BCUT2D eigenvalue weighted by Crippen LogP contribution is 2.36. The number of aryl methyl sites for hydroxylation is 27. The molecule has 0 saturated heterocycles. The van der Waals surface area contributed by atoms with Crippen molar-refractivity contribution in [2.24, 2.45) is 0 Å². The maximum atomic E-state index is 5.51. The van der Waals surface area contributed by atoms with Crippen LogP contribution in [-0.4, -0.2) is 50.1 Å². The summed E-state index contributed by atoms with van der Waals surface area (Å²) >= 11 is 0. The fourth-order valence-electron chi connectivity index (χ4n) is 19.9. The van der Waals surface area contributed by atoms with Gasteiger partial charge >= 0.3 is 0 Å². The second kappa shape index (κ2) is 26.0. The molecule has 0 heterocycles. The van der Waals surface area contributed by atoms with E-state index in [-0.39, 0.29) is 0 Å². The first-order chi connectivity index (χ1) is 42.1. The first kappa shape index (κ1) is 68.6. The fourth-order valence-corrected chi connectivity index (χ4v) is 73.9. The SMILES string of the molecule is Cc1cc(C)c([Si](C[Si]([Si])[Si](C[Si](c2c(C)cc(C)cc2C)(c2c(C)cc(C)cc2C)c2c(C)cc(C)cc2C)C[Si](c2c(C)cc(C)cc2C)(c2c(C)cc(C)cc2C)c2c(C)cc(C)cc2C)(c2c(C)cc(C)cc2C)c2c(C)cc(C)cc2C)c(C)c1. The van der Waals surface area contributed by atoms with Crippen LogP contribution in [0.15, 0.2) is 109 Å². The van der Waals surface area contributed by atoms with Gasteiger partial charge < -0.3 is 0 Å². The third-order valence-corrected chi connectivity index (χ3v) is 59.7. The molecule has 0 spiro atoms. The summed E-state index contributed by atoms with van der Waals surface area (Å²) in [5.41, 5.74) is 41.8. The molecule has 0 aliphatic carbocycles. The van der Waals surface area contributed by atoms with Crippen molar-refractivity contribution in [1.29, 1.82) is 0 Å². The lowest BCUT2D eigenvalue weighted by Crippen LogP contribution is -2.78. The van der Waals surface area contributed by atoms with Gasteiger partial charge in [-0.15, -0.1) is 0 Å². The number of rotatable bonds is 16. The minimum absolute atomic E-state index is 1.13. The molecule has 0 bridgehead atoms. The molecule has 0 nitrogen and oxygen atoms in total. The zero-order valence-corrected chi connectivity index (χ0v) is 66.5. The van der Waals surface area contributed by atoms with Crippen molar-refractivity contribution in [2.75, 3.05) is 0 Å². The minimum atomic E-state index is -3.22. The maximum Gasteiger partial charge on any atom is 0.147 e. The molecule has 90 heavy (non-hydrogen) atoms. The molecule has 0 N–H and O–H groups in total. The van der Waals surface area contributed by atoms with Gasteiger partial charge in [0.25, 0.3) is 0 Å². The third kappa shape index (κ3) is 12.2. The lowest BCUT2D eigenvalue weighted by atomic mass is 10.1. The van der Waals surface area contributed by atoms with Crippen LogP contribution in [0.4, 0.5) is 0 Å². The molecule has 0 aromatic heterocycles. The van der Waals surface area contributed by atoms with Gasteiger partial charge in [0.15, 0.2) is 0 Å². The Morgan fingerprint density at radius 2 is 0.289 bits per heavy atom. The summed E-state index contributed by atoms with van der Waals surface area (Å²) in [6.07, 6.45) is 0. The van der Waals surface area contributed by atoms with Crippen LogP contribution in [0.1, 0.15) is 150 Å². The number of hydrogen-bond donors (Lipinski definition) is 0. The second-order valence-electron chi connectivity index (χ2n) is 29.3. The molecule has 0 aliphatic rings. The number of benzene rings is 9. The molecule has 5 radical (unpaired) electrons. The largest absolute Gasteiger partial charge is 0.147 e. The smallest absolute Gasteiger partial charge is 0.0565 e. The monoisotopic (exact) mass is 1280 g/mol. The Morgan fingerprint density at radius 1 is 0.189 bits per heavy atom. The van der Waals surface area contributed by atoms with Gasteiger partial charge in [0.05, 0.1) is 0 Å². The van der Waals surface area contributed by atoms with Crippen molar-refractivity contribution in [3.63, 3.8) is 0 Å². The summed E-state index contributed by atoms with van der Waals surface area (Å²) in [5.74, 6) is 0. The van der Waals surface area contributed by atoms with Crippen LogP contribution in [0, 0.1) is 187 Å². The van der Waals surface area contributed by atoms with E-state index in [1.807, 2.05) is 0 Å². The van der Waals surface area contributed by atoms with E-state index in [0.29, 0.717) is 0 Å². The van der Waals surface area contributed by atoms with Gasteiger partial charge in [0.2, 0.25) is 0 Å². The molecule has 0 saturated carbocycles. The molecular weight excluding hydrogens is 1180 g/mol. The molecule has 0 atom stereocenters. The van der Waals surface area contributed by atoms with Crippen LogP contribution in [0.2, 0.25) is 17.0 Å². The third-order valence-electron chi connectivity index (χ3n) is 20.8. The Bertz CT molecular complexity index is 3530. The Labute approximate surface area is 556 Å². The molecular formula is C84H105Si6. The van der Waals surface area contributed by atoms with Crippen molar-refractivity contribution < 1.29 is 0 Å². The van der Waals surface area contributed by atoms with Gasteiger partial charge in [-0.3, -0.25) is 0 Å². The maximum absolute atomic E-state index is 5.51. The summed E-state index contributed by atoms with van der Waals surface area (Å²) in [5, 5.41) is 14.8. The van der Waals surface area contributed by atoms with E-state index < -0.39 is 40.4 Å². The van der Waals surface area contributed by atoms with E-state index in [9.17, 15) is 0 Å². The molecule has 0 unspecified atom stereocenters. The van der Waals surface area contributed by atoms with Gasteiger partial charge in [-0.1, -0.05) is 276 Å². The first-order valence-electron chi connectivity index (χ1n) is 33.3. The Kier molecular flexibility index (Phi) is 19.8. The van der Waals surface area contributed by atoms with Crippen molar-refractivity contribution in [3.8, 4) is 0 Å². The Morgan fingerprint density at radius 3 is 0.400 bits per heavy atom. The average Bonchev–Trinajstić information content (AvgIpc) is 0.719. The quantitative estimate of drug-likeness (QED) is 0.0668. The van der Waals surface area contributed by atoms with Crippen LogP contribution in [0.25, 0.3) is 0 Å². The highest BCUT2D eigenvalue weighted by atomic mass is 29.6. The molecule has 0 amide bonds. The molecule has 0 fully saturated rings. The van der Waals surface area contributed by atoms with E-state index >= 15 is 0 Å². The zero-order valence-electron chi connectivity index (χ0n) is 60.5. The predicted octanol–water partition coefficient (Wildman–Crippen LogP) is 15.2. The van der Waals surface area contributed by atoms with Crippen LogP contribution in [0.3, 0.4) is 0 Å². The van der Waals surface area contributed by atoms with E-state index in [1.54, 1.807) is 46.7 Å². The van der Waals surface area contributed by atoms with Crippen molar-refractivity contribution >= 4 is 96.8 Å². The predicted molar refractivity (Wildman–Crippen MR) is 412 cm³/mol. The van der Waals surface area contributed by atoms with Gasteiger partial charge in [-0.2, -0.15) is 0 Å². The summed E-state index contributed by atoms with van der Waals surface area (Å²) in [4.78, 5) is 0. The topological polar surface area (TPSA) is 0 Å². The van der Waals surface area contributed by atoms with Crippen LogP contribution in [0.5, 0.6) is 0 Å². The van der Waals surface area contributed by atoms with Gasteiger partial charge in [-0.05, 0) is 234 Å². The summed E-state index contributed by atoms with van der Waals surface area (Å²) in [7, 11) is -7.34. The van der Waals surface area contributed by atoms with Gasteiger partial charge in [0, 0.05) is 25.9 Å². The zero-order chi connectivity index (χ0) is 66.3. The Hall–Kier alpha value is -5.72. The normalized spacial score (nSPS) is 12.3. The van der Waals surface area contributed by atoms with E-state index in [2.05, 4.69) is 296 Å². The summed E-state index contributed by atoms with van der Waals surface area (Å²) in [6.45, 7) is 65.9. The van der Waals surface area contributed by atoms with Crippen molar-refractivity contribution in [3.05, 3.63) is 259 Å². The standard InChI is InChI=1S/C84H105Si6/c1-49-28-58(10)76(59(11)29-49)88(77-60(12)30-50(2)31-61(77)13,78-62(14)32-51(3)33-63(78)15)46-86(47-89(79-64(16)34-52(4)35-65(79)17,80-66(18)36-53(5)37-67(80)19)81-68(20)38-54(6)39-69(81)21)87(85)48-90(82-70(22)40-55(7)41-71(82)23,83-72(24)42-56(8)43-73(83)25)84-74(26)44-57(9)45-75(84)27/h28-45H,46-48H2,1-27H3. The lowest BCUT2D eigenvalue weighted by molar-refractivity contribution is 1.30. The molecule has 465 valence electrons. The van der Waals surface area contributed by atoms with E-state index in [4.69, 9.17) is 9.76 Å². The van der Waals surface area contributed by atoms with Crippen LogP contribution >= 0.6 is 0 Å². The number of hydrogen-bond acceptors (Lipinski definition) is 0. The highest BCUT2D eigenvalue weighted by Gasteiger charge is 2.55. The van der Waals surface area contributed by atoms with E-state index in [0.717, 1.165) is 17.0 Å². The molecule has 9 aromatic carbocycles. The first-order valence-corrected chi connectivity index (χ1v) is 46.0. The summed E-state index contributed by atoms with van der Waals surface area (Å²) in [6, 6.07) is 46.1. The van der Waals surface area contributed by atoms with Gasteiger partial charge in [0.1, 0.15) is 24.2 Å². The molecule has 9 aromatic rings.